The molecule has 0 spiro atoms. The maximum atomic E-state index is 11.6. The van der Waals surface area contributed by atoms with Crippen LogP contribution in [0, 0.1) is 11.8 Å². The summed E-state index contributed by atoms with van der Waals surface area (Å²) in [4.78, 5) is 0. The van der Waals surface area contributed by atoms with Gasteiger partial charge in [0.25, 0.3) is 0 Å². The van der Waals surface area contributed by atoms with Crippen molar-refractivity contribution in [1.29, 1.82) is 0 Å². The highest BCUT2D eigenvalue weighted by Crippen LogP contribution is 2.55. The van der Waals surface area contributed by atoms with Crippen molar-refractivity contribution in [3.63, 3.8) is 0 Å². The van der Waals surface area contributed by atoms with Crippen LogP contribution in [-0.2, 0) is 19.8 Å². The fraction of sp³-hybridized carbons (Fsp3) is 0.667. The smallest absolute Gasteiger partial charge is 0.164 e. The Morgan fingerprint density at radius 3 is 1.87 bits per heavy atom. The van der Waals surface area contributed by atoms with Gasteiger partial charge in [-0.3, -0.25) is 0 Å². The molecule has 4 rings (SSSR count). The third-order valence-corrected chi connectivity index (χ3v) is 6.06. The molecule has 1 unspecified atom stereocenters. The summed E-state index contributed by atoms with van der Waals surface area (Å²) in [5, 5.41) is 12.3. The lowest BCUT2D eigenvalue weighted by Gasteiger charge is -2.48. The quantitative estimate of drug-likeness (QED) is 0.854. The van der Waals surface area contributed by atoms with Gasteiger partial charge in [-0.1, -0.05) is 37.6 Å². The van der Waals surface area contributed by atoms with Gasteiger partial charge in [0.1, 0.15) is 12.2 Å². The maximum absolute atomic E-state index is 11.6. The molecule has 0 radical (unpaired) electrons. The largest absolute Gasteiger partial charge is 0.384 e. The normalized spacial score (nSPS) is 47.6. The summed E-state index contributed by atoms with van der Waals surface area (Å²) in [5.41, 5.74) is -0.112. The summed E-state index contributed by atoms with van der Waals surface area (Å²) < 4.78 is 18.3. The Bertz CT molecular complexity index is 588. The Kier molecular flexibility index (Phi) is 3.40. The SMILES string of the molecule is C[C@@H]1[C@H]2O[C@H]([C@@H]3OC(C)(C)O[C@@H]32)[C@H](C)C1(O)c1ccc(Cl)cc1. The second-order valence-corrected chi connectivity index (χ2v) is 7.98. The van der Waals surface area contributed by atoms with Crippen molar-refractivity contribution < 1.29 is 19.3 Å². The highest BCUT2D eigenvalue weighted by molar-refractivity contribution is 6.30. The molecule has 23 heavy (non-hydrogen) atoms. The summed E-state index contributed by atoms with van der Waals surface area (Å²) >= 11 is 6.00. The van der Waals surface area contributed by atoms with E-state index in [0.717, 1.165) is 5.56 Å². The average Bonchev–Trinajstić information content (AvgIpc) is 2.96. The van der Waals surface area contributed by atoms with E-state index in [1.807, 2.05) is 52.0 Å². The molecule has 5 heteroatoms. The molecular weight excluding hydrogens is 316 g/mol. The van der Waals surface area contributed by atoms with Gasteiger partial charge < -0.3 is 19.3 Å². The molecule has 1 N–H and O–H groups in total. The number of hydrogen-bond donors (Lipinski definition) is 1. The molecule has 0 saturated carbocycles. The van der Waals surface area contributed by atoms with Gasteiger partial charge in [-0.05, 0) is 31.5 Å². The summed E-state index contributed by atoms with van der Waals surface area (Å²) in [6.07, 6.45) is -0.616. The van der Waals surface area contributed by atoms with Gasteiger partial charge in [-0.15, -0.1) is 0 Å². The first-order valence-corrected chi connectivity index (χ1v) is 8.61. The minimum absolute atomic E-state index is 0.109. The van der Waals surface area contributed by atoms with Gasteiger partial charge in [0.15, 0.2) is 5.79 Å². The van der Waals surface area contributed by atoms with E-state index >= 15 is 0 Å². The van der Waals surface area contributed by atoms with E-state index in [0.29, 0.717) is 5.02 Å². The Balaban J connectivity index is 1.74. The van der Waals surface area contributed by atoms with Crippen LogP contribution >= 0.6 is 11.6 Å². The van der Waals surface area contributed by atoms with Crippen molar-refractivity contribution in [3.8, 4) is 0 Å². The molecule has 3 aliphatic heterocycles. The average molecular weight is 339 g/mol. The Morgan fingerprint density at radius 2 is 1.39 bits per heavy atom. The predicted molar refractivity (Wildman–Crippen MR) is 86.2 cm³/mol. The number of rotatable bonds is 1. The summed E-state index contributed by atoms with van der Waals surface area (Å²) in [5.74, 6) is -0.810. The molecule has 4 nitrogen and oxygen atoms in total. The van der Waals surface area contributed by atoms with Crippen molar-refractivity contribution in [3.05, 3.63) is 34.9 Å². The van der Waals surface area contributed by atoms with Gasteiger partial charge in [-0.25, -0.2) is 0 Å². The molecular formula is C18H23ClO4. The molecule has 3 aliphatic rings. The van der Waals surface area contributed by atoms with Crippen LogP contribution in [0.4, 0.5) is 0 Å². The number of ether oxygens (including phenoxy) is 3. The van der Waals surface area contributed by atoms with E-state index in [9.17, 15) is 5.11 Å². The standard InChI is InChI=1S/C18H23ClO4/c1-9-13-15-16(23-17(3,4)22-15)14(21-13)10(2)18(9,20)11-5-7-12(19)8-6-11/h5-10,13-16,20H,1-4H3/t9-,10+,13-,14+,15-,16+,18?. The fourth-order valence-electron chi connectivity index (χ4n) is 4.62. The molecule has 2 bridgehead atoms. The molecule has 7 atom stereocenters. The zero-order chi connectivity index (χ0) is 16.6. The number of halogens is 1. The molecule has 3 saturated heterocycles. The van der Waals surface area contributed by atoms with E-state index in [1.165, 1.54) is 0 Å². The first-order chi connectivity index (χ1) is 10.7. The minimum atomic E-state index is -0.987. The monoisotopic (exact) mass is 338 g/mol. The van der Waals surface area contributed by atoms with Gasteiger partial charge in [0.05, 0.1) is 17.8 Å². The number of aliphatic hydroxyl groups is 1. The van der Waals surface area contributed by atoms with Crippen LogP contribution in [0.2, 0.25) is 5.02 Å². The third-order valence-electron chi connectivity index (χ3n) is 5.81. The van der Waals surface area contributed by atoms with Crippen molar-refractivity contribution in [2.24, 2.45) is 11.8 Å². The first kappa shape index (κ1) is 15.9. The van der Waals surface area contributed by atoms with Crippen LogP contribution in [0.25, 0.3) is 0 Å². The molecule has 0 amide bonds. The molecule has 3 fully saturated rings. The van der Waals surface area contributed by atoms with Crippen molar-refractivity contribution in [2.75, 3.05) is 0 Å². The topological polar surface area (TPSA) is 47.9 Å². The minimum Gasteiger partial charge on any atom is -0.384 e. The lowest BCUT2D eigenvalue weighted by Crippen LogP contribution is -2.55. The second kappa shape index (κ2) is 4.93. The Hall–Kier alpha value is -0.650. The van der Waals surface area contributed by atoms with Gasteiger partial charge >= 0.3 is 0 Å². The highest BCUT2D eigenvalue weighted by Gasteiger charge is 2.66. The summed E-state index contributed by atoms with van der Waals surface area (Å²) in [6.45, 7) is 7.93. The van der Waals surface area contributed by atoms with Crippen LogP contribution in [0.5, 0.6) is 0 Å². The number of benzene rings is 1. The molecule has 1 aromatic rings. The fourth-order valence-corrected chi connectivity index (χ4v) is 4.75. The van der Waals surface area contributed by atoms with Crippen molar-refractivity contribution in [2.45, 2.75) is 63.5 Å². The third kappa shape index (κ3) is 2.12. The molecule has 1 aromatic carbocycles. The predicted octanol–water partition coefficient (Wildman–Crippen LogP) is 3.10. The van der Waals surface area contributed by atoms with Crippen LogP contribution in [0.15, 0.2) is 24.3 Å². The van der Waals surface area contributed by atoms with E-state index in [2.05, 4.69) is 0 Å². The summed E-state index contributed by atoms with van der Waals surface area (Å²) in [7, 11) is 0. The number of hydrogen-bond acceptors (Lipinski definition) is 4. The zero-order valence-electron chi connectivity index (χ0n) is 13.8. The van der Waals surface area contributed by atoms with Gasteiger partial charge in [0.2, 0.25) is 0 Å². The molecule has 0 aliphatic carbocycles. The van der Waals surface area contributed by atoms with E-state index in [-0.39, 0.29) is 36.3 Å². The van der Waals surface area contributed by atoms with Crippen molar-refractivity contribution >= 4 is 11.6 Å². The Labute approximate surface area is 141 Å². The summed E-state index contributed by atoms with van der Waals surface area (Å²) in [6, 6.07) is 7.45. The van der Waals surface area contributed by atoms with Crippen LogP contribution in [0.3, 0.4) is 0 Å². The number of fused-ring (bicyclic) bond motifs is 5. The molecule has 126 valence electrons. The van der Waals surface area contributed by atoms with Crippen molar-refractivity contribution in [1.82, 2.24) is 0 Å². The van der Waals surface area contributed by atoms with Crippen LogP contribution in [0.1, 0.15) is 33.3 Å². The van der Waals surface area contributed by atoms with Gasteiger partial charge in [0, 0.05) is 16.9 Å². The van der Waals surface area contributed by atoms with E-state index in [4.69, 9.17) is 25.8 Å². The zero-order valence-corrected chi connectivity index (χ0v) is 14.6. The van der Waals surface area contributed by atoms with Crippen LogP contribution < -0.4 is 0 Å². The molecule has 3 heterocycles. The van der Waals surface area contributed by atoms with E-state index in [1.54, 1.807) is 0 Å². The van der Waals surface area contributed by atoms with Crippen LogP contribution in [-0.4, -0.2) is 35.3 Å². The van der Waals surface area contributed by atoms with E-state index < -0.39 is 11.4 Å². The maximum Gasteiger partial charge on any atom is 0.164 e. The van der Waals surface area contributed by atoms with Gasteiger partial charge in [-0.2, -0.15) is 0 Å². The lowest BCUT2D eigenvalue weighted by atomic mass is 9.69. The Morgan fingerprint density at radius 1 is 0.913 bits per heavy atom. The lowest BCUT2D eigenvalue weighted by molar-refractivity contribution is -0.252. The molecule has 0 aromatic heterocycles. The first-order valence-electron chi connectivity index (χ1n) is 8.23. The highest BCUT2D eigenvalue weighted by atomic mass is 35.5. The second-order valence-electron chi connectivity index (χ2n) is 7.54.